The van der Waals surface area contributed by atoms with Crippen molar-refractivity contribution >= 4 is 0 Å². The molecule has 0 amide bonds. The van der Waals surface area contributed by atoms with Crippen LogP contribution in [-0.4, -0.2) is 24.2 Å². The van der Waals surface area contributed by atoms with Crippen LogP contribution >= 0.6 is 0 Å². The van der Waals surface area contributed by atoms with E-state index >= 15 is 0 Å². The Hall–Kier alpha value is -1.65. The molecule has 1 aromatic heterocycles. The average Bonchev–Trinajstić information content (AvgIpc) is 3.33. The molecule has 2 aromatic rings. The van der Waals surface area contributed by atoms with Gasteiger partial charge in [-0.25, -0.2) is 0 Å². The van der Waals surface area contributed by atoms with Gasteiger partial charge in [-0.05, 0) is 36.2 Å². The summed E-state index contributed by atoms with van der Waals surface area (Å²) in [6.07, 6.45) is 6.10. The van der Waals surface area contributed by atoms with Crippen molar-refractivity contribution in [1.29, 1.82) is 0 Å². The predicted octanol–water partition coefficient (Wildman–Crippen LogP) is 4.99. The Bertz CT molecular complexity index is 706. The number of hydrogen-bond donors (Lipinski definition) is 0. The standard InChI is InChI=1S/C22H29NO3/c1-17(2)20-16-19(26-23-20)8-9-21(18-6-4-3-5-7-18)10-12-22(13-11-21)24-14-15-25-22/h3-7,16-17H,8-15H2,1-2H3. The van der Waals surface area contributed by atoms with Gasteiger partial charge in [-0.15, -0.1) is 0 Å². The zero-order valence-electron chi connectivity index (χ0n) is 15.9. The van der Waals surface area contributed by atoms with Gasteiger partial charge in [-0.1, -0.05) is 49.3 Å². The van der Waals surface area contributed by atoms with Gasteiger partial charge in [-0.2, -0.15) is 0 Å². The Kier molecular flexibility index (Phi) is 4.89. The summed E-state index contributed by atoms with van der Waals surface area (Å²) >= 11 is 0. The molecule has 0 N–H and O–H groups in total. The summed E-state index contributed by atoms with van der Waals surface area (Å²) < 4.78 is 17.5. The highest BCUT2D eigenvalue weighted by molar-refractivity contribution is 5.27. The van der Waals surface area contributed by atoms with Crippen molar-refractivity contribution in [2.45, 2.75) is 69.5 Å². The third-order valence-corrected chi connectivity index (χ3v) is 6.19. The van der Waals surface area contributed by atoms with Gasteiger partial charge >= 0.3 is 0 Å². The van der Waals surface area contributed by atoms with Crippen molar-refractivity contribution in [3.63, 3.8) is 0 Å². The second-order valence-electron chi connectivity index (χ2n) is 8.13. The molecule has 4 nitrogen and oxygen atoms in total. The Balaban J connectivity index is 1.52. The second-order valence-corrected chi connectivity index (χ2v) is 8.13. The minimum atomic E-state index is -0.324. The third-order valence-electron chi connectivity index (χ3n) is 6.19. The predicted molar refractivity (Wildman–Crippen MR) is 100 cm³/mol. The minimum Gasteiger partial charge on any atom is -0.361 e. The van der Waals surface area contributed by atoms with E-state index in [9.17, 15) is 0 Å². The van der Waals surface area contributed by atoms with Crippen LogP contribution in [0.5, 0.6) is 0 Å². The van der Waals surface area contributed by atoms with E-state index in [1.165, 1.54) is 5.56 Å². The summed E-state index contributed by atoms with van der Waals surface area (Å²) in [5.41, 5.74) is 2.63. The van der Waals surface area contributed by atoms with Crippen molar-refractivity contribution in [2.75, 3.05) is 13.2 Å². The fourth-order valence-electron chi connectivity index (χ4n) is 4.45. The molecule has 0 bridgehead atoms. The number of ether oxygens (including phenoxy) is 2. The van der Waals surface area contributed by atoms with Crippen molar-refractivity contribution in [3.8, 4) is 0 Å². The minimum absolute atomic E-state index is 0.159. The van der Waals surface area contributed by atoms with E-state index in [4.69, 9.17) is 14.0 Å². The number of nitrogens with zero attached hydrogens (tertiary/aromatic N) is 1. The lowest BCUT2D eigenvalue weighted by Gasteiger charge is -2.44. The van der Waals surface area contributed by atoms with Crippen LogP contribution in [0.1, 0.15) is 68.9 Å². The Morgan fingerprint density at radius 3 is 2.31 bits per heavy atom. The topological polar surface area (TPSA) is 44.5 Å². The van der Waals surface area contributed by atoms with Gasteiger partial charge in [0.1, 0.15) is 5.76 Å². The van der Waals surface area contributed by atoms with Gasteiger partial charge in [0.15, 0.2) is 5.79 Å². The first-order valence-corrected chi connectivity index (χ1v) is 9.90. The van der Waals surface area contributed by atoms with E-state index in [0.29, 0.717) is 5.92 Å². The number of hydrogen-bond acceptors (Lipinski definition) is 4. The zero-order valence-corrected chi connectivity index (χ0v) is 15.9. The first-order chi connectivity index (χ1) is 12.6. The second kappa shape index (κ2) is 7.16. The van der Waals surface area contributed by atoms with Crippen molar-refractivity contribution < 1.29 is 14.0 Å². The van der Waals surface area contributed by atoms with E-state index in [1.807, 2.05) is 0 Å². The molecule has 2 fully saturated rings. The molecule has 2 aliphatic rings. The van der Waals surface area contributed by atoms with Crippen LogP contribution in [0.15, 0.2) is 40.9 Å². The molecule has 1 saturated carbocycles. The van der Waals surface area contributed by atoms with Gasteiger partial charge in [0, 0.05) is 25.3 Å². The summed E-state index contributed by atoms with van der Waals surface area (Å²) in [5.74, 6) is 1.08. The molecule has 1 aliphatic carbocycles. The molecule has 1 aromatic carbocycles. The van der Waals surface area contributed by atoms with E-state index in [-0.39, 0.29) is 11.2 Å². The summed E-state index contributed by atoms with van der Waals surface area (Å²) in [6, 6.07) is 13.1. The first-order valence-electron chi connectivity index (χ1n) is 9.90. The van der Waals surface area contributed by atoms with Crippen LogP contribution in [0.4, 0.5) is 0 Å². The molecule has 1 spiro atoms. The molecule has 1 aliphatic heterocycles. The van der Waals surface area contributed by atoms with E-state index in [1.54, 1.807) is 0 Å². The molecular weight excluding hydrogens is 326 g/mol. The lowest BCUT2D eigenvalue weighted by molar-refractivity contribution is -0.185. The maximum absolute atomic E-state index is 5.95. The van der Waals surface area contributed by atoms with E-state index < -0.39 is 0 Å². The molecule has 0 unspecified atom stereocenters. The van der Waals surface area contributed by atoms with Gasteiger partial charge in [0.05, 0.1) is 18.9 Å². The summed E-state index contributed by atoms with van der Waals surface area (Å²) in [6.45, 7) is 5.76. The van der Waals surface area contributed by atoms with Crippen LogP contribution in [0.3, 0.4) is 0 Å². The average molecular weight is 355 g/mol. The molecule has 2 heterocycles. The zero-order chi connectivity index (χ0) is 18.0. The van der Waals surface area contributed by atoms with Crippen molar-refractivity contribution in [2.24, 2.45) is 0 Å². The van der Waals surface area contributed by atoms with Crippen LogP contribution in [0.25, 0.3) is 0 Å². The summed E-state index contributed by atoms with van der Waals surface area (Å²) in [4.78, 5) is 0. The SMILES string of the molecule is CC(C)c1cc(CCC2(c3ccccc3)CCC3(CC2)OCCO3)on1. The smallest absolute Gasteiger partial charge is 0.168 e. The quantitative estimate of drug-likeness (QED) is 0.758. The Morgan fingerprint density at radius 2 is 1.69 bits per heavy atom. The van der Waals surface area contributed by atoms with Crippen molar-refractivity contribution in [1.82, 2.24) is 5.16 Å². The Labute approximate surface area is 155 Å². The van der Waals surface area contributed by atoms with Crippen LogP contribution in [0.2, 0.25) is 0 Å². The van der Waals surface area contributed by atoms with Crippen molar-refractivity contribution in [3.05, 3.63) is 53.4 Å². The number of rotatable bonds is 5. The molecule has 0 radical (unpaired) electrons. The molecule has 1 saturated heterocycles. The van der Waals surface area contributed by atoms with E-state index in [2.05, 4.69) is 55.4 Å². The summed E-state index contributed by atoms with van der Waals surface area (Å²) in [7, 11) is 0. The molecular formula is C22H29NO3. The number of aryl methyl sites for hydroxylation is 1. The maximum Gasteiger partial charge on any atom is 0.168 e. The lowest BCUT2D eigenvalue weighted by atomic mass is 9.65. The van der Waals surface area contributed by atoms with Crippen LogP contribution < -0.4 is 0 Å². The van der Waals surface area contributed by atoms with Gasteiger partial charge in [0.25, 0.3) is 0 Å². The molecule has 4 heteroatoms. The van der Waals surface area contributed by atoms with E-state index in [0.717, 1.165) is 63.2 Å². The normalized spacial score (nSPS) is 21.5. The molecule has 26 heavy (non-hydrogen) atoms. The molecule has 0 atom stereocenters. The fourth-order valence-corrected chi connectivity index (χ4v) is 4.45. The highest BCUT2D eigenvalue weighted by atomic mass is 16.7. The summed E-state index contributed by atoms with van der Waals surface area (Å²) in [5, 5.41) is 4.22. The Morgan fingerprint density at radius 1 is 1.00 bits per heavy atom. The molecule has 4 rings (SSSR count). The number of benzene rings is 1. The van der Waals surface area contributed by atoms with Crippen LogP contribution in [0, 0.1) is 0 Å². The first kappa shape index (κ1) is 17.7. The van der Waals surface area contributed by atoms with Gasteiger partial charge in [-0.3, -0.25) is 0 Å². The highest BCUT2D eigenvalue weighted by Gasteiger charge is 2.46. The van der Waals surface area contributed by atoms with Gasteiger partial charge in [0.2, 0.25) is 0 Å². The number of aromatic nitrogens is 1. The lowest BCUT2D eigenvalue weighted by Crippen LogP contribution is -2.42. The molecule has 140 valence electrons. The highest BCUT2D eigenvalue weighted by Crippen LogP contribution is 2.48. The largest absolute Gasteiger partial charge is 0.361 e. The fraction of sp³-hybridized carbons (Fsp3) is 0.591. The maximum atomic E-state index is 5.95. The monoisotopic (exact) mass is 355 g/mol. The van der Waals surface area contributed by atoms with Crippen LogP contribution in [-0.2, 0) is 21.3 Å². The third kappa shape index (κ3) is 3.45. The van der Waals surface area contributed by atoms with Gasteiger partial charge < -0.3 is 14.0 Å².